The molecule has 28 valence electrons. The maximum absolute atomic E-state index is 9.00. The molecule has 0 heterocycles. The third kappa shape index (κ3) is 3.14. The summed E-state index contributed by atoms with van der Waals surface area (Å²) in [4.78, 5) is 17.9. The molecule has 0 saturated heterocycles. The quantitative estimate of drug-likeness (QED) is 0.254. The van der Waals surface area contributed by atoms with Crippen LogP contribution < -0.4 is 0 Å². The predicted molar refractivity (Wildman–Crippen MR) is 13.7 cm³/mol. The molecule has 0 amide bonds. The summed E-state index contributed by atoms with van der Waals surface area (Å²) in [6.07, 6.45) is -0.167. The van der Waals surface area contributed by atoms with E-state index in [-0.39, 0.29) is 6.29 Å². The average Bonchev–Trinajstić information content (AvgIpc) is 1.38. The van der Waals surface area contributed by atoms with Gasteiger partial charge in [0.05, 0.1) is 0 Å². The van der Waals surface area contributed by atoms with E-state index in [2.05, 4.69) is 0 Å². The molecule has 3 heteroatoms. The van der Waals surface area contributed by atoms with Gasteiger partial charge in [0.15, 0.2) is 0 Å². The van der Waals surface area contributed by atoms with Gasteiger partial charge in [-0.25, -0.2) is 4.79 Å². The van der Waals surface area contributed by atoms with Crippen molar-refractivity contribution >= 4 is 12.3 Å². The zero-order chi connectivity index (χ0) is 4.28. The topological polar surface area (TPSA) is 54.4 Å². The number of carbonyl (C=O) groups excluding carboxylic acids is 1. The Bertz CT molecular complexity index is 55.9. The highest BCUT2D eigenvalue weighted by molar-refractivity contribution is 6.19. The first kappa shape index (κ1) is 4.14. The van der Waals surface area contributed by atoms with Gasteiger partial charge in [0.25, 0.3) is 0 Å². The van der Waals surface area contributed by atoms with Gasteiger partial charge in [-0.05, 0) is 0 Å². The first-order valence-corrected chi connectivity index (χ1v) is 0.952. The van der Waals surface area contributed by atoms with Gasteiger partial charge in [-0.3, -0.25) is 4.79 Å². The van der Waals surface area contributed by atoms with Gasteiger partial charge in [-0.1, -0.05) is 0 Å². The highest BCUT2D eigenvalue weighted by atomic mass is 16.5. The molecule has 5 heavy (non-hydrogen) atoms. The molecule has 0 atom stereocenters. The highest BCUT2D eigenvalue weighted by Crippen LogP contribution is 1.39. The monoisotopic (exact) mass is 76.0 g/mol. The molecule has 3 nitrogen and oxygen atoms in total. The largest absolute Gasteiger partial charge is 0.476 e. The number of hydrogen-bond acceptors (Lipinski definition) is 2. The van der Waals surface area contributed by atoms with Crippen molar-refractivity contribution in [2.45, 2.75) is 0 Å². The Labute approximate surface area is 28.2 Å². The van der Waals surface area contributed by atoms with Gasteiger partial charge in [-0.15, -0.1) is 0 Å². The molecule has 0 rings (SSSR count). The van der Waals surface area contributed by atoms with Crippen LogP contribution in [0.25, 0.3) is 0 Å². The zero-order valence-corrected chi connectivity index (χ0v) is 2.34. The van der Waals surface area contributed by atoms with Gasteiger partial charge in [0.1, 0.15) is 0 Å². The van der Waals surface area contributed by atoms with Gasteiger partial charge in [0.2, 0.25) is 6.29 Å². The molecule has 0 spiro atoms. The highest BCUT2D eigenvalue weighted by Gasteiger charge is 1.80. The molecule has 0 bridgehead atoms. The summed E-state index contributed by atoms with van der Waals surface area (Å²) >= 11 is 0. The molecule has 0 saturated carbocycles. The average molecular weight is 76.0 g/mol. The lowest BCUT2D eigenvalue weighted by molar-refractivity contribution is -0.143. The molecule has 0 fully saturated rings. The first-order chi connectivity index (χ1) is 2.27. The Morgan fingerprint density at radius 3 is 2.00 bits per heavy atom. The maximum Gasteiger partial charge on any atom is 0.368 e. The molecule has 0 aromatic rings. The normalized spacial score (nSPS) is 6.40. The summed E-state index contributed by atoms with van der Waals surface area (Å²) in [6.45, 7) is 0. The Morgan fingerprint density at radius 1 is 1.80 bits per heavy atom. The van der Waals surface area contributed by atoms with E-state index in [1.165, 1.54) is 0 Å². The van der Waals surface area contributed by atoms with Crippen molar-refractivity contribution < 1.29 is 14.7 Å². The zero-order valence-electron chi connectivity index (χ0n) is 2.34. The fraction of sp³-hybridized carbons (Fsp3) is 0. The minimum Gasteiger partial charge on any atom is -0.476 e. The van der Waals surface area contributed by atoms with Crippen LogP contribution in [0, 0.1) is 0 Å². The lowest BCUT2D eigenvalue weighted by atomic mass is 11.8. The van der Waals surface area contributed by atoms with Crippen LogP contribution in [-0.2, 0) is 9.59 Å². The summed E-state index contributed by atoms with van der Waals surface area (Å²) in [5.74, 6) is -1.43. The maximum atomic E-state index is 9.00. The van der Waals surface area contributed by atoms with E-state index in [9.17, 15) is 0 Å². The fourth-order valence-corrected chi connectivity index (χ4v) is 0. The van der Waals surface area contributed by atoms with Crippen molar-refractivity contribution in [1.29, 1.82) is 0 Å². The first-order valence-electron chi connectivity index (χ1n) is 0.952. The second kappa shape index (κ2) is 1.46. The number of rotatable bonds is 1. The van der Waals surface area contributed by atoms with Crippen LogP contribution in [0.15, 0.2) is 0 Å². The van der Waals surface area contributed by atoms with Crippen LogP contribution in [0.4, 0.5) is 0 Å². The van der Waals surface area contributed by atoms with E-state index in [0.29, 0.717) is 0 Å². The van der Waals surface area contributed by atoms with Crippen LogP contribution in [0.2, 0.25) is 0 Å². The standard InChI is InChI=1S/C2H2O3/c3-1-2(4)5/h1H,(H,4,5)/i1+1,2+1. The number of carboxylic acids is 1. The number of aliphatic carboxylic acids is 1. The molecule has 0 aliphatic carbocycles. The van der Waals surface area contributed by atoms with Crippen molar-refractivity contribution in [2.75, 3.05) is 0 Å². The van der Waals surface area contributed by atoms with Crippen molar-refractivity contribution in [2.24, 2.45) is 0 Å². The van der Waals surface area contributed by atoms with E-state index in [1.807, 2.05) is 0 Å². The minimum absolute atomic E-state index is 0.167. The van der Waals surface area contributed by atoms with Gasteiger partial charge in [-0.2, -0.15) is 0 Å². The predicted octanol–water partition coefficient (Wildman–Crippen LogP) is -0.730. The minimum atomic E-state index is -1.43. The van der Waals surface area contributed by atoms with Gasteiger partial charge >= 0.3 is 5.97 Å². The van der Waals surface area contributed by atoms with Gasteiger partial charge < -0.3 is 5.11 Å². The van der Waals surface area contributed by atoms with Gasteiger partial charge in [0, 0.05) is 0 Å². The van der Waals surface area contributed by atoms with Crippen LogP contribution in [0.5, 0.6) is 0 Å². The van der Waals surface area contributed by atoms with E-state index in [4.69, 9.17) is 14.7 Å². The van der Waals surface area contributed by atoms with Crippen molar-refractivity contribution in [3.63, 3.8) is 0 Å². The Kier molecular flexibility index (Phi) is 1.21. The molecular weight excluding hydrogens is 74.0 g/mol. The summed E-state index contributed by atoms with van der Waals surface area (Å²) < 4.78 is 0. The molecule has 0 aromatic heterocycles. The van der Waals surface area contributed by atoms with E-state index < -0.39 is 5.97 Å². The Morgan fingerprint density at radius 2 is 2.00 bits per heavy atom. The summed E-state index contributed by atoms with van der Waals surface area (Å²) in [5.41, 5.74) is 0. The van der Waals surface area contributed by atoms with Crippen LogP contribution >= 0.6 is 0 Å². The second-order valence-corrected chi connectivity index (χ2v) is 0.456. The Balaban J connectivity index is 3.20. The number of carbonyl (C=O) groups is 2. The molecule has 0 aliphatic heterocycles. The van der Waals surface area contributed by atoms with Crippen molar-refractivity contribution in [3.05, 3.63) is 0 Å². The summed E-state index contributed by atoms with van der Waals surface area (Å²) in [7, 11) is 0. The van der Waals surface area contributed by atoms with Crippen LogP contribution in [0.1, 0.15) is 0 Å². The van der Waals surface area contributed by atoms with Crippen molar-refractivity contribution in [3.8, 4) is 0 Å². The third-order valence-corrected chi connectivity index (χ3v) is 0.101. The SMILES string of the molecule is O=[13CH][13C](=O)O. The molecule has 1 N–H and O–H groups in total. The third-order valence-electron chi connectivity index (χ3n) is 0.101. The van der Waals surface area contributed by atoms with Crippen LogP contribution in [-0.4, -0.2) is 17.4 Å². The number of hydrogen-bond donors (Lipinski definition) is 1. The molecule has 0 aromatic carbocycles. The lowest BCUT2D eigenvalue weighted by Crippen LogP contribution is -1.91. The second-order valence-electron chi connectivity index (χ2n) is 0.456. The molecule has 0 aliphatic rings. The molecule has 0 radical (unpaired) electrons. The Hall–Kier alpha value is -0.860. The van der Waals surface area contributed by atoms with E-state index in [1.54, 1.807) is 0 Å². The number of carboxylic acid groups (broad SMARTS) is 1. The van der Waals surface area contributed by atoms with E-state index in [0.717, 1.165) is 0 Å². The van der Waals surface area contributed by atoms with E-state index >= 15 is 0 Å². The lowest BCUT2D eigenvalue weighted by Gasteiger charge is -1.59. The summed E-state index contributed by atoms with van der Waals surface area (Å²) in [6, 6.07) is 0. The molecule has 0 unspecified atom stereocenters. The fourth-order valence-electron chi connectivity index (χ4n) is 0. The van der Waals surface area contributed by atoms with Crippen LogP contribution in [0.3, 0.4) is 0 Å². The molecular formula is C2H2O3. The number of aldehydes is 1. The summed E-state index contributed by atoms with van der Waals surface area (Å²) in [5, 5.41) is 7.35. The van der Waals surface area contributed by atoms with Crippen molar-refractivity contribution in [1.82, 2.24) is 0 Å². The smallest absolute Gasteiger partial charge is 0.368 e.